The highest BCUT2D eigenvalue weighted by Crippen LogP contribution is 2.19. The molecule has 1 rings (SSSR count). The van der Waals surface area contributed by atoms with Crippen LogP contribution in [0.1, 0.15) is 47.5 Å². The molecule has 5 heteroatoms. The van der Waals surface area contributed by atoms with Crippen LogP contribution in [0, 0.1) is 11.8 Å². The maximum absolute atomic E-state index is 12.6. The lowest BCUT2D eigenvalue weighted by Crippen LogP contribution is -2.65. The Morgan fingerprint density at radius 1 is 1.24 bits per heavy atom. The van der Waals surface area contributed by atoms with Gasteiger partial charge in [0, 0.05) is 13.2 Å². The summed E-state index contributed by atoms with van der Waals surface area (Å²) in [6, 6.07) is -0.754. The molecule has 21 heavy (non-hydrogen) atoms. The van der Waals surface area contributed by atoms with Crippen molar-refractivity contribution < 1.29 is 14.3 Å². The molecule has 1 N–H and O–H groups in total. The monoisotopic (exact) mass is 298 g/mol. The first-order valence-electron chi connectivity index (χ1n) is 8.07. The largest absolute Gasteiger partial charge is 0.379 e. The van der Waals surface area contributed by atoms with Gasteiger partial charge in [0.25, 0.3) is 0 Å². The molecule has 0 aromatic rings. The number of carbonyl (C=O) groups excluding carboxylic acids is 2. The van der Waals surface area contributed by atoms with Gasteiger partial charge in [-0.15, -0.1) is 0 Å². The van der Waals surface area contributed by atoms with Crippen LogP contribution in [0.15, 0.2) is 0 Å². The maximum atomic E-state index is 12.6. The quantitative estimate of drug-likeness (QED) is 0.695. The third kappa shape index (κ3) is 4.99. The number of hydrogen-bond donors (Lipinski definition) is 1. The molecule has 2 unspecified atom stereocenters. The third-order valence-corrected chi connectivity index (χ3v) is 3.64. The van der Waals surface area contributed by atoms with E-state index in [9.17, 15) is 9.59 Å². The molecular formula is C16H30N2O3. The molecule has 0 radical (unpaired) electrons. The van der Waals surface area contributed by atoms with Crippen molar-refractivity contribution in [3.05, 3.63) is 0 Å². The van der Waals surface area contributed by atoms with Crippen molar-refractivity contribution in [2.45, 2.75) is 59.5 Å². The lowest BCUT2D eigenvalue weighted by atomic mass is 9.95. The third-order valence-electron chi connectivity index (χ3n) is 3.64. The standard InChI is InChI=1S/C16H30N2O3/c1-6-7-13-16(20)18(8-9-21-10-11(2)3)14(12(4)5)15(19)17-13/h11-14H,6-10H2,1-5H3,(H,17,19). The van der Waals surface area contributed by atoms with Crippen molar-refractivity contribution in [1.29, 1.82) is 0 Å². The van der Waals surface area contributed by atoms with Crippen LogP contribution in [0.25, 0.3) is 0 Å². The normalized spacial score (nSPS) is 23.1. The van der Waals surface area contributed by atoms with Crippen molar-refractivity contribution in [2.75, 3.05) is 19.8 Å². The van der Waals surface area contributed by atoms with Gasteiger partial charge in [0.2, 0.25) is 11.8 Å². The summed E-state index contributed by atoms with van der Waals surface area (Å²) in [6.07, 6.45) is 1.57. The van der Waals surface area contributed by atoms with E-state index in [1.54, 1.807) is 4.90 Å². The van der Waals surface area contributed by atoms with E-state index < -0.39 is 0 Å². The van der Waals surface area contributed by atoms with E-state index in [-0.39, 0.29) is 29.8 Å². The van der Waals surface area contributed by atoms with Gasteiger partial charge >= 0.3 is 0 Å². The van der Waals surface area contributed by atoms with Crippen LogP contribution < -0.4 is 5.32 Å². The average Bonchev–Trinajstić information content (AvgIpc) is 2.38. The van der Waals surface area contributed by atoms with E-state index in [1.807, 2.05) is 20.8 Å². The second kappa shape index (κ2) is 8.37. The summed E-state index contributed by atoms with van der Waals surface area (Å²) in [4.78, 5) is 26.5. The van der Waals surface area contributed by atoms with E-state index in [2.05, 4.69) is 19.2 Å². The maximum Gasteiger partial charge on any atom is 0.245 e. The van der Waals surface area contributed by atoms with Crippen LogP contribution >= 0.6 is 0 Å². The average molecular weight is 298 g/mol. The van der Waals surface area contributed by atoms with E-state index in [0.717, 1.165) is 6.42 Å². The lowest BCUT2D eigenvalue weighted by Gasteiger charge is -2.40. The highest BCUT2D eigenvalue weighted by atomic mass is 16.5. The minimum atomic E-state index is -0.381. The molecular weight excluding hydrogens is 268 g/mol. The number of hydrogen-bond acceptors (Lipinski definition) is 3. The van der Waals surface area contributed by atoms with Crippen LogP contribution in [0.4, 0.5) is 0 Å². The molecule has 2 amide bonds. The number of nitrogens with zero attached hydrogens (tertiary/aromatic N) is 1. The molecule has 122 valence electrons. The van der Waals surface area contributed by atoms with Crippen LogP contribution in [0.2, 0.25) is 0 Å². The predicted octanol–water partition coefficient (Wildman–Crippen LogP) is 1.81. The summed E-state index contributed by atoms with van der Waals surface area (Å²) in [5, 5.41) is 2.87. The van der Waals surface area contributed by atoms with Gasteiger partial charge in [-0.05, 0) is 18.3 Å². The minimum Gasteiger partial charge on any atom is -0.379 e. The second-order valence-corrected chi connectivity index (χ2v) is 6.54. The molecule has 5 nitrogen and oxygen atoms in total. The van der Waals surface area contributed by atoms with E-state index >= 15 is 0 Å². The Labute approximate surface area is 128 Å². The first kappa shape index (κ1) is 18.0. The minimum absolute atomic E-state index is 0.0308. The fraction of sp³-hybridized carbons (Fsp3) is 0.875. The highest BCUT2D eigenvalue weighted by Gasteiger charge is 2.41. The van der Waals surface area contributed by atoms with Crippen molar-refractivity contribution >= 4 is 11.8 Å². The molecule has 0 bridgehead atoms. The SMILES string of the molecule is CCCC1NC(=O)C(C(C)C)N(CCOCC(C)C)C1=O. The van der Waals surface area contributed by atoms with Gasteiger partial charge in [-0.1, -0.05) is 41.0 Å². The second-order valence-electron chi connectivity index (χ2n) is 6.54. The molecule has 0 aliphatic carbocycles. The lowest BCUT2D eigenvalue weighted by molar-refractivity contribution is -0.152. The van der Waals surface area contributed by atoms with E-state index in [1.165, 1.54) is 0 Å². The summed E-state index contributed by atoms with van der Waals surface area (Å²) in [5.74, 6) is 0.566. The van der Waals surface area contributed by atoms with E-state index in [4.69, 9.17) is 4.74 Å². The van der Waals surface area contributed by atoms with Crippen molar-refractivity contribution in [3.8, 4) is 0 Å². The van der Waals surface area contributed by atoms with Crippen molar-refractivity contribution in [3.63, 3.8) is 0 Å². The summed E-state index contributed by atoms with van der Waals surface area (Å²) in [5.41, 5.74) is 0. The van der Waals surface area contributed by atoms with Crippen molar-refractivity contribution in [2.24, 2.45) is 11.8 Å². The predicted molar refractivity (Wildman–Crippen MR) is 82.8 cm³/mol. The number of nitrogens with one attached hydrogen (secondary N) is 1. The Morgan fingerprint density at radius 3 is 2.43 bits per heavy atom. The molecule has 2 atom stereocenters. The number of ether oxygens (including phenoxy) is 1. The molecule has 0 aromatic carbocycles. The summed E-state index contributed by atoms with van der Waals surface area (Å²) < 4.78 is 5.58. The molecule has 0 spiro atoms. The molecule has 0 aromatic heterocycles. The topological polar surface area (TPSA) is 58.6 Å². The van der Waals surface area contributed by atoms with Gasteiger partial charge in [-0.2, -0.15) is 0 Å². The van der Waals surface area contributed by atoms with Crippen LogP contribution in [-0.2, 0) is 14.3 Å². The molecule has 1 saturated heterocycles. The fourth-order valence-electron chi connectivity index (χ4n) is 2.68. The Hall–Kier alpha value is -1.10. The smallest absolute Gasteiger partial charge is 0.245 e. The van der Waals surface area contributed by atoms with Gasteiger partial charge in [-0.25, -0.2) is 0 Å². The summed E-state index contributed by atoms with van der Waals surface area (Å²) in [6.45, 7) is 11.8. The van der Waals surface area contributed by atoms with Gasteiger partial charge < -0.3 is 15.0 Å². The van der Waals surface area contributed by atoms with Crippen molar-refractivity contribution in [1.82, 2.24) is 10.2 Å². The zero-order chi connectivity index (χ0) is 16.0. The molecule has 0 saturated carbocycles. The van der Waals surface area contributed by atoms with Crippen LogP contribution in [0.3, 0.4) is 0 Å². The highest BCUT2D eigenvalue weighted by molar-refractivity contribution is 5.97. The number of amides is 2. The molecule has 1 aliphatic rings. The summed E-state index contributed by atoms with van der Waals surface area (Å²) >= 11 is 0. The van der Waals surface area contributed by atoms with Crippen LogP contribution in [-0.4, -0.2) is 48.6 Å². The van der Waals surface area contributed by atoms with Gasteiger partial charge in [0.15, 0.2) is 0 Å². The van der Waals surface area contributed by atoms with Gasteiger partial charge in [0.1, 0.15) is 12.1 Å². The Balaban J connectivity index is 2.70. The van der Waals surface area contributed by atoms with Gasteiger partial charge in [-0.3, -0.25) is 9.59 Å². The Kier molecular flexibility index (Phi) is 7.15. The fourth-order valence-corrected chi connectivity index (χ4v) is 2.68. The zero-order valence-corrected chi connectivity index (χ0v) is 14.0. The first-order chi connectivity index (χ1) is 9.88. The van der Waals surface area contributed by atoms with E-state index in [0.29, 0.717) is 32.1 Å². The van der Waals surface area contributed by atoms with Gasteiger partial charge in [0.05, 0.1) is 6.61 Å². The summed E-state index contributed by atoms with van der Waals surface area (Å²) in [7, 11) is 0. The zero-order valence-electron chi connectivity index (χ0n) is 14.0. The Morgan fingerprint density at radius 2 is 1.90 bits per heavy atom. The Bertz CT molecular complexity index is 355. The molecule has 1 heterocycles. The molecule has 1 fully saturated rings. The number of piperazine rings is 1. The number of rotatable bonds is 8. The first-order valence-corrected chi connectivity index (χ1v) is 8.07. The number of carbonyl (C=O) groups is 2. The molecule has 1 aliphatic heterocycles. The van der Waals surface area contributed by atoms with Crippen LogP contribution in [0.5, 0.6) is 0 Å².